The molecule has 1 atom stereocenters. The molecule has 3 aromatic carbocycles. The Kier molecular flexibility index (Phi) is 5.78. The van der Waals surface area contributed by atoms with Gasteiger partial charge in [0.2, 0.25) is 0 Å². The van der Waals surface area contributed by atoms with Crippen molar-refractivity contribution in [1.82, 2.24) is 4.90 Å². The molecule has 6 nitrogen and oxygen atoms in total. The minimum absolute atomic E-state index is 0.0563. The monoisotopic (exact) mass is 464 g/mol. The van der Waals surface area contributed by atoms with E-state index in [1.807, 2.05) is 0 Å². The van der Waals surface area contributed by atoms with Gasteiger partial charge in [-0.3, -0.25) is 9.59 Å². The van der Waals surface area contributed by atoms with Gasteiger partial charge in [-0.2, -0.15) is 0 Å². The van der Waals surface area contributed by atoms with Crippen LogP contribution in [0.15, 0.2) is 76.5 Å². The van der Waals surface area contributed by atoms with E-state index in [4.69, 9.17) is 4.74 Å². The fourth-order valence-corrected chi connectivity index (χ4v) is 5.44. The molecule has 0 aliphatic carbocycles. The molecule has 0 aromatic heterocycles. The minimum atomic E-state index is -1.64. The van der Waals surface area contributed by atoms with E-state index >= 15 is 0 Å². The summed E-state index contributed by atoms with van der Waals surface area (Å²) in [6, 6.07) is 17.8. The fourth-order valence-electron chi connectivity index (χ4n) is 4.10. The van der Waals surface area contributed by atoms with E-state index in [0.29, 0.717) is 58.5 Å². The van der Waals surface area contributed by atoms with Crippen LogP contribution in [-0.4, -0.2) is 47.2 Å². The SMILES string of the molecule is O=C(c1ccc2c(c1)N(Cc1ccccc1F)C(=O)c1ccccc1[S@@]2=O)N1CCOCC1. The van der Waals surface area contributed by atoms with Gasteiger partial charge in [0, 0.05) is 24.2 Å². The zero-order chi connectivity index (χ0) is 22.9. The highest BCUT2D eigenvalue weighted by atomic mass is 32.2. The Morgan fingerprint density at radius 3 is 2.48 bits per heavy atom. The molecule has 2 aliphatic heterocycles. The van der Waals surface area contributed by atoms with Crippen LogP contribution < -0.4 is 4.90 Å². The minimum Gasteiger partial charge on any atom is -0.378 e. The highest BCUT2D eigenvalue weighted by molar-refractivity contribution is 7.85. The van der Waals surface area contributed by atoms with Gasteiger partial charge in [0.05, 0.1) is 51.6 Å². The summed E-state index contributed by atoms with van der Waals surface area (Å²) < 4.78 is 33.3. The fraction of sp³-hybridized carbons (Fsp3) is 0.200. The smallest absolute Gasteiger partial charge is 0.259 e. The summed E-state index contributed by atoms with van der Waals surface area (Å²) in [6.45, 7) is 1.83. The van der Waals surface area contributed by atoms with Crippen LogP contribution in [0.3, 0.4) is 0 Å². The van der Waals surface area contributed by atoms with Crippen molar-refractivity contribution in [2.24, 2.45) is 0 Å². The molecule has 0 unspecified atom stereocenters. The number of carbonyl (C=O) groups is 2. The zero-order valence-electron chi connectivity index (χ0n) is 17.7. The van der Waals surface area contributed by atoms with Crippen molar-refractivity contribution in [3.05, 3.63) is 89.2 Å². The number of halogens is 1. The van der Waals surface area contributed by atoms with Gasteiger partial charge in [-0.1, -0.05) is 30.3 Å². The number of carbonyl (C=O) groups excluding carboxylic acids is 2. The van der Waals surface area contributed by atoms with Crippen LogP contribution in [0.1, 0.15) is 26.3 Å². The Morgan fingerprint density at radius 1 is 0.970 bits per heavy atom. The third-order valence-electron chi connectivity index (χ3n) is 5.84. The Bertz CT molecular complexity index is 1270. The van der Waals surface area contributed by atoms with Gasteiger partial charge in [-0.15, -0.1) is 0 Å². The van der Waals surface area contributed by atoms with E-state index in [-0.39, 0.29) is 12.5 Å². The highest BCUT2D eigenvalue weighted by Crippen LogP contribution is 2.36. The number of hydrogen-bond donors (Lipinski definition) is 0. The van der Waals surface area contributed by atoms with Crippen LogP contribution in [0.5, 0.6) is 0 Å². The maximum absolute atomic E-state index is 14.5. The zero-order valence-corrected chi connectivity index (χ0v) is 18.5. The molecule has 3 aromatic rings. The summed E-state index contributed by atoms with van der Waals surface area (Å²) in [7, 11) is -1.64. The van der Waals surface area contributed by atoms with Gasteiger partial charge in [0.15, 0.2) is 0 Å². The Hall–Kier alpha value is -3.36. The van der Waals surface area contributed by atoms with Crippen molar-refractivity contribution in [3.63, 3.8) is 0 Å². The van der Waals surface area contributed by atoms with Gasteiger partial charge in [-0.05, 0) is 36.4 Å². The van der Waals surface area contributed by atoms with Crippen LogP contribution in [-0.2, 0) is 22.1 Å². The van der Waals surface area contributed by atoms with Crippen LogP contribution in [0.25, 0.3) is 0 Å². The molecule has 2 amide bonds. The number of anilines is 1. The number of amides is 2. The van der Waals surface area contributed by atoms with Crippen LogP contribution in [0, 0.1) is 5.82 Å². The van der Waals surface area contributed by atoms with Gasteiger partial charge < -0.3 is 14.5 Å². The molecule has 0 N–H and O–H groups in total. The molecule has 33 heavy (non-hydrogen) atoms. The lowest BCUT2D eigenvalue weighted by Crippen LogP contribution is -2.40. The van der Waals surface area contributed by atoms with Gasteiger partial charge >= 0.3 is 0 Å². The first-order valence-electron chi connectivity index (χ1n) is 10.6. The summed E-state index contributed by atoms with van der Waals surface area (Å²) in [5, 5.41) is 0. The van der Waals surface area contributed by atoms with Gasteiger partial charge in [0.25, 0.3) is 11.8 Å². The molecule has 1 fully saturated rings. The average molecular weight is 465 g/mol. The molecule has 8 heteroatoms. The highest BCUT2D eigenvalue weighted by Gasteiger charge is 2.32. The number of nitrogens with zero attached hydrogens (tertiary/aromatic N) is 2. The summed E-state index contributed by atoms with van der Waals surface area (Å²) in [6.07, 6.45) is 0. The van der Waals surface area contributed by atoms with E-state index in [9.17, 15) is 18.2 Å². The molecule has 168 valence electrons. The maximum Gasteiger partial charge on any atom is 0.259 e. The Labute approximate surface area is 193 Å². The van der Waals surface area contributed by atoms with Crippen LogP contribution >= 0.6 is 0 Å². The standard InChI is InChI=1S/C25H21FN2O4S/c26-20-7-3-1-5-18(20)16-28-21-15-17(24(29)27-11-13-32-14-12-27)9-10-23(21)33(31)22-8-4-2-6-19(22)25(28)30/h1-10,15H,11-14,16H2/t33-/m0/s1. The van der Waals surface area contributed by atoms with Crippen molar-refractivity contribution in [2.45, 2.75) is 16.3 Å². The third-order valence-corrected chi connectivity index (χ3v) is 7.34. The Morgan fingerprint density at radius 2 is 1.70 bits per heavy atom. The number of ether oxygens (including phenoxy) is 1. The third kappa shape index (κ3) is 3.96. The predicted octanol–water partition coefficient (Wildman–Crippen LogP) is 3.63. The predicted molar refractivity (Wildman–Crippen MR) is 121 cm³/mol. The summed E-state index contributed by atoms with van der Waals surface area (Å²) in [5.41, 5.74) is 1.35. The number of morpholine rings is 1. The molecule has 0 bridgehead atoms. The molecular weight excluding hydrogens is 443 g/mol. The quantitative estimate of drug-likeness (QED) is 0.594. The van der Waals surface area contributed by atoms with E-state index in [0.717, 1.165) is 0 Å². The van der Waals surface area contributed by atoms with Gasteiger partial charge in [-0.25, -0.2) is 8.60 Å². The number of hydrogen-bond acceptors (Lipinski definition) is 4. The molecule has 2 aliphatic rings. The molecule has 1 saturated heterocycles. The second-order valence-corrected chi connectivity index (χ2v) is 9.25. The molecular formula is C25H21FN2O4S. The first-order chi connectivity index (χ1) is 16.0. The largest absolute Gasteiger partial charge is 0.378 e. The number of rotatable bonds is 3. The molecule has 2 heterocycles. The second kappa shape index (κ2) is 8.88. The lowest BCUT2D eigenvalue weighted by Gasteiger charge is -2.28. The van der Waals surface area contributed by atoms with Crippen molar-refractivity contribution in [1.29, 1.82) is 0 Å². The lowest BCUT2D eigenvalue weighted by atomic mass is 10.1. The Balaban J connectivity index is 1.63. The maximum atomic E-state index is 14.5. The molecule has 0 spiro atoms. The first-order valence-corrected chi connectivity index (χ1v) is 11.8. The van der Waals surface area contributed by atoms with Gasteiger partial charge in [0.1, 0.15) is 5.82 Å². The first kappa shape index (κ1) is 21.5. The van der Waals surface area contributed by atoms with E-state index in [2.05, 4.69) is 0 Å². The molecule has 0 saturated carbocycles. The molecule has 0 radical (unpaired) electrons. The summed E-state index contributed by atoms with van der Waals surface area (Å²) in [4.78, 5) is 30.6. The van der Waals surface area contributed by atoms with Crippen molar-refractivity contribution >= 4 is 28.3 Å². The van der Waals surface area contributed by atoms with Crippen molar-refractivity contribution < 1.29 is 22.9 Å². The number of benzene rings is 3. The number of fused-ring (bicyclic) bond motifs is 2. The summed E-state index contributed by atoms with van der Waals surface area (Å²) >= 11 is 0. The topological polar surface area (TPSA) is 66.9 Å². The average Bonchev–Trinajstić information content (AvgIpc) is 2.94. The summed E-state index contributed by atoms with van der Waals surface area (Å²) in [5.74, 6) is -1.02. The normalized spacial score (nSPS) is 17.8. The van der Waals surface area contributed by atoms with Crippen LogP contribution in [0.4, 0.5) is 10.1 Å². The van der Waals surface area contributed by atoms with E-state index in [1.165, 1.54) is 11.0 Å². The molecule has 5 rings (SSSR count). The second-order valence-electron chi connectivity index (χ2n) is 7.83. The van der Waals surface area contributed by atoms with E-state index < -0.39 is 22.5 Å². The van der Waals surface area contributed by atoms with Crippen molar-refractivity contribution in [3.8, 4) is 0 Å². The van der Waals surface area contributed by atoms with Crippen LogP contribution in [0.2, 0.25) is 0 Å². The van der Waals surface area contributed by atoms with Crippen molar-refractivity contribution in [2.75, 3.05) is 31.2 Å². The lowest BCUT2D eigenvalue weighted by molar-refractivity contribution is 0.0303. The van der Waals surface area contributed by atoms with E-state index in [1.54, 1.807) is 65.6 Å².